The molecule has 1 aromatic rings. The SMILES string of the molecule is NCCOc1ccc(NS(=O)(=O)C2CC2)cc1. The van der Waals surface area contributed by atoms with Crippen molar-refractivity contribution in [1.82, 2.24) is 0 Å². The van der Waals surface area contributed by atoms with E-state index < -0.39 is 10.0 Å². The van der Waals surface area contributed by atoms with Gasteiger partial charge in [-0.25, -0.2) is 8.42 Å². The summed E-state index contributed by atoms with van der Waals surface area (Å²) in [6.45, 7) is 0.906. The highest BCUT2D eigenvalue weighted by molar-refractivity contribution is 7.93. The fourth-order valence-corrected chi connectivity index (χ4v) is 2.81. The summed E-state index contributed by atoms with van der Waals surface area (Å²) in [6, 6.07) is 6.82. The van der Waals surface area contributed by atoms with Crippen LogP contribution in [-0.4, -0.2) is 26.8 Å². The van der Waals surface area contributed by atoms with E-state index in [4.69, 9.17) is 10.5 Å². The van der Waals surface area contributed by atoms with E-state index >= 15 is 0 Å². The molecular formula is C11H16N2O3S. The Kier molecular flexibility index (Phi) is 3.54. The van der Waals surface area contributed by atoms with E-state index in [0.717, 1.165) is 12.8 Å². The molecule has 0 heterocycles. The van der Waals surface area contributed by atoms with Crippen LogP contribution in [0.5, 0.6) is 5.75 Å². The first kappa shape index (κ1) is 12.2. The minimum Gasteiger partial charge on any atom is -0.492 e. The smallest absolute Gasteiger partial charge is 0.235 e. The molecule has 0 saturated heterocycles. The molecule has 3 N–H and O–H groups in total. The zero-order chi connectivity index (χ0) is 12.3. The van der Waals surface area contributed by atoms with Gasteiger partial charge in [-0.2, -0.15) is 0 Å². The van der Waals surface area contributed by atoms with E-state index in [0.29, 0.717) is 24.6 Å². The van der Waals surface area contributed by atoms with Gasteiger partial charge in [-0.3, -0.25) is 4.72 Å². The fourth-order valence-electron chi connectivity index (χ4n) is 1.42. The number of rotatable bonds is 6. The van der Waals surface area contributed by atoms with E-state index in [1.807, 2.05) is 0 Å². The van der Waals surface area contributed by atoms with Gasteiger partial charge in [0, 0.05) is 12.2 Å². The van der Waals surface area contributed by atoms with Crippen LogP contribution in [-0.2, 0) is 10.0 Å². The van der Waals surface area contributed by atoms with Crippen molar-refractivity contribution in [2.45, 2.75) is 18.1 Å². The third-order valence-electron chi connectivity index (χ3n) is 2.46. The lowest BCUT2D eigenvalue weighted by Crippen LogP contribution is -2.17. The maximum atomic E-state index is 11.7. The Morgan fingerprint density at radius 3 is 2.47 bits per heavy atom. The molecule has 0 aliphatic heterocycles. The number of benzene rings is 1. The lowest BCUT2D eigenvalue weighted by Gasteiger charge is -2.08. The third-order valence-corrected chi connectivity index (χ3v) is 4.33. The first-order valence-corrected chi connectivity index (χ1v) is 7.11. The maximum Gasteiger partial charge on any atom is 0.235 e. The van der Waals surface area contributed by atoms with Crippen LogP contribution in [0.15, 0.2) is 24.3 Å². The highest BCUT2D eigenvalue weighted by atomic mass is 32.2. The van der Waals surface area contributed by atoms with Gasteiger partial charge in [-0.1, -0.05) is 0 Å². The quantitative estimate of drug-likeness (QED) is 0.793. The summed E-state index contributed by atoms with van der Waals surface area (Å²) < 4.78 is 31.2. The van der Waals surface area contributed by atoms with E-state index in [1.54, 1.807) is 24.3 Å². The second kappa shape index (κ2) is 4.93. The number of nitrogens with one attached hydrogen (secondary N) is 1. The van der Waals surface area contributed by atoms with Crippen LogP contribution in [0.1, 0.15) is 12.8 Å². The Balaban J connectivity index is 1.98. The Bertz CT molecular complexity index is 466. The molecule has 0 atom stereocenters. The largest absolute Gasteiger partial charge is 0.492 e. The summed E-state index contributed by atoms with van der Waals surface area (Å²) in [4.78, 5) is 0. The summed E-state index contributed by atoms with van der Waals surface area (Å²) in [5.41, 5.74) is 5.88. The molecule has 1 aliphatic rings. The topological polar surface area (TPSA) is 81.4 Å². The molecule has 0 amide bonds. The molecule has 5 nitrogen and oxygen atoms in total. The van der Waals surface area contributed by atoms with Crippen molar-refractivity contribution < 1.29 is 13.2 Å². The van der Waals surface area contributed by atoms with E-state index in [-0.39, 0.29) is 5.25 Å². The van der Waals surface area contributed by atoms with Gasteiger partial charge < -0.3 is 10.5 Å². The molecule has 2 rings (SSSR count). The lowest BCUT2D eigenvalue weighted by molar-refractivity contribution is 0.328. The molecule has 1 aliphatic carbocycles. The fraction of sp³-hybridized carbons (Fsp3) is 0.455. The maximum absolute atomic E-state index is 11.7. The predicted octanol–water partition coefficient (Wildman–Crippen LogP) is 0.928. The molecule has 1 fully saturated rings. The Hall–Kier alpha value is -1.27. The van der Waals surface area contributed by atoms with Crippen LogP contribution < -0.4 is 15.2 Å². The van der Waals surface area contributed by atoms with Gasteiger partial charge in [0.05, 0.1) is 5.25 Å². The second-order valence-electron chi connectivity index (χ2n) is 4.01. The molecule has 1 saturated carbocycles. The summed E-state index contributed by atoms with van der Waals surface area (Å²) >= 11 is 0. The molecule has 1 aromatic carbocycles. The van der Waals surface area contributed by atoms with Crippen molar-refractivity contribution in [3.05, 3.63) is 24.3 Å². The second-order valence-corrected chi connectivity index (χ2v) is 5.97. The Morgan fingerprint density at radius 1 is 1.29 bits per heavy atom. The molecule has 0 spiro atoms. The highest BCUT2D eigenvalue weighted by Crippen LogP contribution is 2.29. The van der Waals surface area contributed by atoms with Crippen LogP contribution in [0.3, 0.4) is 0 Å². The van der Waals surface area contributed by atoms with Crippen LogP contribution in [0.4, 0.5) is 5.69 Å². The predicted molar refractivity (Wildman–Crippen MR) is 66.6 cm³/mol. The Morgan fingerprint density at radius 2 is 1.94 bits per heavy atom. The van der Waals surface area contributed by atoms with Crippen molar-refractivity contribution in [3.63, 3.8) is 0 Å². The molecular weight excluding hydrogens is 240 g/mol. The Labute approximate surface area is 101 Å². The van der Waals surface area contributed by atoms with Gasteiger partial charge in [0.25, 0.3) is 0 Å². The monoisotopic (exact) mass is 256 g/mol. The molecule has 0 bridgehead atoms. The number of hydrogen-bond acceptors (Lipinski definition) is 4. The molecule has 17 heavy (non-hydrogen) atoms. The van der Waals surface area contributed by atoms with Gasteiger partial charge in [-0.05, 0) is 37.1 Å². The lowest BCUT2D eigenvalue weighted by atomic mass is 10.3. The minimum absolute atomic E-state index is 0.212. The van der Waals surface area contributed by atoms with Crippen molar-refractivity contribution in [2.75, 3.05) is 17.9 Å². The third kappa shape index (κ3) is 3.34. The van der Waals surface area contributed by atoms with Gasteiger partial charge in [0.1, 0.15) is 12.4 Å². The van der Waals surface area contributed by atoms with Gasteiger partial charge in [-0.15, -0.1) is 0 Å². The first-order valence-electron chi connectivity index (χ1n) is 5.56. The van der Waals surface area contributed by atoms with E-state index in [2.05, 4.69) is 4.72 Å². The number of anilines is 1. The van der Waals surface area contributed by atoms with Crippen molar-refractivity contribution >= 4 is 15.7 Å². The van der Waals surface area contributed by atoms with E-state index in [1.165, 1.54) is 0 Å². The van der Waals surface area contributed by atoms with Crippen LogP contribution in [0.25, 0.3) is 0 Å². The van der Waals surface area contributed by atoms with Crippen LogP contribution >= 0.6 is 0 Å². The average molecular weight is 256 g/mol. The standard InChI is InChI=1S/C11H16N2O3S/c12-7-8-16-10-3-1-9(2-4-10)13-17(14,15)11-5-6-11/h1-4,11,13H,5-8,12H2. The van der Waals surface area contributed by atoms with Crippen LogP contribution in [0, 0.1) is 0 Å². The first-order chi connectivity index (χ1) is 8.12. The minimum atomic E-state index is -3.18. The summed E-state index contributed by atoms with van der Waals surface area (Å²) in [5.74, 6) is 0.685. The number of sulfonamides is 1. The van der Waals surface area contributed by atoms with Gasteiger partial charge in [0.15, 0.2) is 0 Å². The zero-order valence-electron chi connectivity index (χ0n) is 9.43. The molecule has 94 valence electrons. The molecule has 0 radical (unpaired) electrons. The van der Waals surface area contributed by atoms with Gasteiger partial charge in [0.2, 0.25) is 10.0 Å². The highest BCUT2D eigenvalue weighted by Gasteiger charge is 2.35. The number of nitrogens with two attached hydrogens (primary N) is 1. The van der Waals surface area contributed by atoms with Crippen LogP contribution in [0.2, 0.25) is 0 Å². The molecule has 0 unspecified atom stereocenters. The number of hydrogen-bond donors (Lipinski definition) is 2. The van der Waals surface area contributed by atoms with Crippen molar-refractivity contribution in [3.8, 4) is 5.75 Å². The summed E-state index contributed by atoms with van der Waals surface area (Å²) in [6.07, 6.45) is 1.51. The average Bonchev–Trinajstić information content (AvgIpc) is 3.12. The van der Waals surface area contributed by atoms with Gasteiger partial charge >= 0.3 is 0 Å². The van der Waals surface area contributed by atoms with Crippen molar-refractivity contribution in [1.29, 1.82) is 0 Å². The number of ether oxygens (including phenoxy) is 1. The zero-order valence-corrected chi connectivity index (χ0v) is 10.2. The molecule has 0 aromatic heterocycles. The van der Waals surface area contributed by atoms with E-state index in [9.17, 15) is 8.42 Å². The summed E-state index contributed by atoms with van der Waals surface area (Å²) in [5, 5.41) is -0.212. The van der Waals surface area contributed by atoms with Crippen molar-refractivity contribution in [2.24, 2.45) is 5.73 Å². The summed E-state index contributed by atoms with van der Waals surface area (Å²) in [7, 11) is -3.18. The normalized spacial score (nSPS) is 15.6. The molecule has 6 heteroatoms.